The molecule has 2 aromatic rings. The molecule has 2 aromatic carbocycles. The van der Waals surface area contributed by atoms with Gasteiger partial charge < -0.3 is 19.7 Å². The van der Waals surface area contributed by atoms with Crippen LogP contribution >= 0.6 is 35.1 Å². The monoisotopic (exact) mass is 739 g/mol. The zero-order chi connectivity index (χ0) is 36.3. The highest BCUT2D eigenvalue weighted by Gasteiger charge is 2.34. The molecule has 0 radical (unpaired) electrons. The molecule has 3 aliphatic rings. The highest BCUT2D eigenvalue weighted by molar-refractivity contribution is 8.03. The average Bonchev–Trinajstić information content (AvgIpc) is 3.52. The summed E-state index contributed by atoms with van der Waals surface area (Å²) in [6.07, 6.45) is 3.68. The van der Waals surface area contributed by atoms with E-state index in [2.05, 4.69) is 36.6 Å². The van der Waals surface area contributed by atoms with Crippen LogP contribution in [0.25, 0.3) is 16.7 Å². The third-order valence-electron chi connectivity index (χ3n) is 8.52. The van der Waals surface area contributed by atoms with Gasteiger partial charge in [-0.05, 0) is 81.0 Å². The Kier molecular flexibility index (Phi) is 11.9. The van der Waals surface area contributed by atoms with Crippen molar-refractivity contribution >= 4 is 58.5 Å². The Morgan fingerprint density at radius 1 is 1.28 bits per heavy atom. The standard InChI is InChI=1S/C37H43ClFN5O4S2/c1-8-11-28(49-9-2)43-34(41-26-12-10-15-44(7)35(26)45)29-20(3)32(38)30(24-18-47-17-23(24)29)21-13-14-25(39)33-31(21)22(16-40)27(19-50-33)42-36(46)48-37(4,5)6/h11,13-14,26H,8-10,12,15,17-19H2,1-7H3,(H,41,43)(H,42,46)/b28-11-. The van der Waals surface area contributed by atoms with Crippen LogP contribution in [-0.4, -0.2) is 59.5 Å². The van der Waals surface area contributed by atoms with E-state index >= 15 is 4.39 Å². The van der Waals surface area contributed by atoms with Crippen LogP contribution in [0.5, 0.6) is 0 Å². The van der Waals surface area contributed by atoms with Crippen LogP contribution in [0, 0.1) is 24.1 Å². The van der Waals surface area contributed by atoms with Crippen molar-refractivity contribution in [2.45, 2.75) is 90.6 Å². The van der Waals surface area contributed by atoms with Crippen LogP contribution in [0.2, 0.25) is 5.02 Å². The minimum Gasteiger partial charge on any atom is -0.444 e. The molecule has 0 aliphatic carbocycles. The molecule has 0 spiro atoms. The first kappa shape index (κ1) is 37.7. The van der Waals surface area contributed by atoms with E-state index in [1.165, 1.54) is 17.8 Å². The van der Waals surface area contributed by atoms with Gasteiger partial charge in [-0.25, -0.2) is 9.18 Å². The second kappa shape index (κ2) is 15.8. The van der Waals surface area contributed by atoms with Crippen molar-refractivity contribution in [3.8, 4) is 17.2 Å². The number of hydrogen-bond donors (Lipinski definition) is 2. The molecule has 1 fully saturated rings. The van der Waals surface area contributed by atoms with Crippen LogP contribution in [0.1, 0.15) is 81.7 Å². The number of nitriles is 1. The topological polar surface area (TPSA) is 116 Å². The molecule has 2 N–H and O–H groups in total. The molecule has 1 saturated heterocycles. The van der Waals surface area contributed by atoms with Gasteiger partial charge in [-0.3, -0.25) is 15.1 Å². The van der Waals surface area contributed by atoms with Crippen molar-refractivity contribution in [3.63, 3.8) is 0 Å². The SMILES string of the molecule is CC/C=C(/NC(=NC1CCCN(C)C1=O)c1c(C)c(Cl)c(-c2ccc(F)c3c2C(C#N)=C(NC(=O)OC(C)(C)C)CS3)c2c1COC2)SCC. The second-order valence-electron chi connectivity index (χ2n) is 13.2. The number of ether oxygens (including phenoxy) is 2. The van der Waals surface area contributed by atoms with Gasteiger partial charge in [0.2, 0.25) is 5.91 Å². The Labute approximate surface area is 307 Å². The first-order valence-corrected chi connectivity index (χ1v) is 19.1. The van der Waals surface area contributed by atoms with E-state index in [4.69, 9.17) is 26.1 Å². The summed E-state index contributed by atoms with van der Waals surface area (Å²) in [5, 5.41) is 18.1. The Bertz CT molecular complexity index is 1850. The number of nitrogens with zero attached hydrogens (tertiary/aromatic N) is 3. The van der Waals surface area contributed by atoms with Gasteiger partial charge in [0.15, 0.2) is 0 Å². The summed E-state index contributed by atoms with van der Waals surface area (Å²) in [5.74, 6) is 1.05. The number of rotatable bonds is 8. The van der Waals surface area contributed by atoms with Gasteiger partial charge in [-0.1, -0.05) is 37.6 Å². The molecular formula is C37H43ClFN5O4S2. The summed E-state index contributed by atoms with van der Waals surface area (Å²) in [7, 11) is 1.80. The lowest BCUT2D eigenvalue weighted by Crippen LogP contribution is -2.42. The largest absolute Gasteiger partial charge is 0.444 e. The summed E-state index contributed by atoms with van der Waals surface area (Å²) < 4.78 is 27.0. The number of alkyl carbamates (subject to hydrolysis) is 1. The second-order valence-corrected chi connectivity index (χ2v) is 15.9. The summed E-state index contributed by atoms with van der Waals surface area (Å²) in [6.45, 7) is 12.5. The number of allylic oxidation sites excluding steroid dienone is 2. The van der Waals surface area contributed by atoms with Gasteiger partial charge in [0.25, 0.3) is 0 Å². The van der Waals surface area contributed by atoms with Crippen LogP contribution in [0.15, 0.2) is 38.8 Å². The maximum atomic E-state index is 15.5. The van der Waals surface area contributed by atoms with Gasteiger partial charge in [-0.2, -0.15) is 5.26 Å². The quantitative estimate of drug-likeness (QED) is 0.205. The molecule has 3 aliphatic heterocycles. The molecule has 0 bridgehead atoms. The van der Waals surface area contributed by atoms with Crippen LogP contribution in [0.3, 0.4) is 0 Å². The van der Waals surface area contributed by atoms with Gasteiger partial charge in [0.1, 0.15) is 29.4 Å². The highest BCUT2D eigenvalue weighted by Crippen LogP contribution is 2.49. The third-order valence-corrected chi connectivity index (χ3v) is 11.0. The number of nitrogens with one attached hydrogen (secondary N) is 2. The number of carbonyl (C=O) groups excluding carboxylic acids is 2. The van der Waals surface area contributed by atoms with E-state index in [-0.39, 0.29) is 30.4 Å². The van der Waals surface area contributed by atoms with Gasteiger partial charge in [-0.15, -0.1) is 23.5 Å². The zero-order valence-electron chi connectivity index (χ0n) is 29.5. The number of benzene rings is 2. The molecular weight excluding hydrogens is 697 g/mol. The number of hydrogen-bond acceptors (Lipinski definition) is 8. The number of amidine groups is 1. The zero-order valence-corrected chi connectivity index (χ0v) is 31.9. The lowest BCUT2D eigenvalue weighted by atomic mass is 9.85. The molecule has 0 saturated carbocycles. The van der Waals surface area contributed by atoms with E-state index in [9.17, 15) is 14.9 Å². The van der Waals surface area contributed by atoms with Crippen LogP contribution in [-0.2, 0) is 27.5 Å². The van der Waals surface area contributed by atoms with Crippen molar-refractivity contribution in [3.05, 3.63) is 67.6 Å². The summed E-state index contributed by atoms with van der Waals surface area (Å²) in [4.78, 5) is 33.1. The Morgan fingerprint density at radius 2 is 2.02 bits per heavy atom. The molecule has 2 amide bonds. The molecule has 0 aromatic heterocycles. The van der Waals surface area contributed by atoms with Gasteiger partial charge >= 0.3 is 6.09 Å². The Morgan fingerprint density at radius 3 is 2.70 bits per heavy atom. The molecule has 1 atom stereocenters. The van der Waals surface area contributed by atoms with Crippen LogP contribution < -0.4 is 10.6 Å². The number of fused-ring (bicyclic) bond motifs is 2. The van der Waals surface area contributed by atoms with Crippen molar-refractivity contribution in [1.82, 2.24) is 15.5 Å². The number of likely N-dealkylation sites (tertiary alicyclic amines) is 1. The van der Waals surface area contributed by atoms with Crippen molar-refractivity contribution in [2.24, 2.45) is 4.99 Å². The lowest BCUT2D eigenvalue weighted by molar-refractivity contribution is -0.133. The van der Waals surface area contributed by atoms with E-state index in [1.807, 2.05) is 6.92 Å². The Hall–Kier alpha value is -3.50. The van der Waals surface area contributed by atoms with E-state index in [0.29, 0.717) is 56.7 Å². The number of piperidine rings is 1. The molecule has 3 heterocycles. The first-order chi connectivity index (χ1) is 23.8. The maximum absolute atomic E-state index is 15.5. The van der Waals surface area contributed by atoms with E-state index in [1.54, 1.807) is 50.5 Å². The first-order valence-electron chi connectivity index (χ1n) is 16.7. The smallest absolute Gasteiger partial charge is 0.411 e. The molecule has 1 unspecified atom stereocenters. The number of halogens is 2. The summed E-state index contributed by atoms with van der Waals surface area (Å²) in [6, 6.07) is 4.69. The predicted octanol–water partition coefficient (Wildman–Crippen LogP) is 8.31. The van der Waals surface area contributed by atoms with Crippen molar-refractivity contribution in [1.29, 1.82) is 5.26 Å². The number of likely N-dealkylation sites (N-methyl/N-ethyl adjacent to an activating group) is 1. The normalized spacial score (nSPS) is 18.1. The fourth-order valence-corrected chi connectivity index (χ4v) is 8.49. The minimum atomic E-state index is -0.749. The van der Waals surface area contributed by atoms with Gasteiger partial charge in [0.05, 0.1) is 33.7 Å². The third kappa shape index (κ3) is 7.86. The number of aliphatic imine (C=N–C) groups is 1. The molecule has 5 rings (SSSR count). The average molecular weight is 740 g/mol. The lowest BCUT2D eigenvalue weighted by Gasteiger charge is -2.29. The summed E-state index contributed by atoms with van der Waals surface area (Å²) in [5.41, 5.74) is 4.38. The fourth-order valence-electron chi connectivity index (χ4n) is 6.35. The molecule has 13 heteroatoms. The number of thioether (sulfide) groups is 2. The molecule has 266 valence electrons. The van der Waals surface area contributed by atoms with Crippen molar-refractivity contribution in [2.75, 3.05) is 25.1 Å². The molecule has 50 heavy (non-hydrogen) atoms. The van der Waals surface area contributed by atoms with E-state index in [0.717, 1.165) is 40.3 Å². The highest BCUT2D eigenvalue weighted by atomic mass is 35.5. The van der Waals surface area contributed by atoms with Gasteiger partial charge in [0, 0.05) is 41.7 Å². The maximum Gasteiger partial charge on any atom is 0.411 e. The molecule has 9 nitrogen and oxygen atoms in total. The Balaban J connectivity index is 1.72. The predicted molar refractivity (Wildman–Crippen MR) is 200 cm³/mol. The van der Waals surface area contributed by atoms with Crippen molar-refractivity contribution < 1.29 is 23.5 Å². The minimum absolute atomic E-state index is 0.0324. The number of carbonyl (C=O) groups is 2. The van der Waals surface area contributed by atoms with E-state index < -0.39 is 23.6 Å². The number of amides is 2. The summed E-state index contributed by atoms with van der Waals surface area (Å²) >= 11 is 10.2. The van der Waals surface area contributed by atoms with Crippen LogP contribution in [0.4, 0.5) is 9.18 Å². The fraction of sp³-hybridized carbons (Fsp3) is 0.459.